The number of hydrogen-bond donors (Lipinski definition) is 0. The molecule has 1 aromatic heterocycles. The van der Waals surface area contributed by atoms with Gasteiger partial charge in [0, 0.05) is 25.2 Å². The second-order valence-electron chi connectivity index (χ2n) is 8.94. The van der Waals surface area contributed by atoms with Crippen LogP contribution in [0.1, 0.15) is 65.4 Å². The first kappa shape index (κ1) is 26.5. The first-order valence-electron chi connectivity index (χ1n) is 11.1. The first-order valence-corrected chi connectivity index (χ1v) is 12.6. The van der Waals surface area contributed by atoms with Gasteiger partial charge in [-0.05, 0) is 63.1 Å². The van der Waals surface area contributed by atoms with Gasteiger partial charge in [0.25, 0.3) is 0 Å². The van der Waals surface area contributed by atoms with E-state index in [0.717, 1.165) is 49.9 Å². The van der Waals surface area contributed by atoms with Gasteiger partial charge in [0.15, 0.2) is 0 Å². The number of pyridine rings is 1. The molecule has 0 fully saturated rings. The van der Waals surface area contributed by atoms with Crippen molar-refractivity contribution in [3.63, 3.8) is 0 Å². The average Bonchev–Trinajstić information content (AvgIpc) is 2.75. The number of unbranched alkanes of at least 4 members (excludes halogenated alkanes) is 4. The zero-order valence-electron chi connectivity index (χ0n) is 19.7. The van der Waals surface area contributed by atoms with Crippen molar-refractivity contribution >= 4 is 15.8 Å². The number of hydrogen-bond acceptors (Lipinski definition) is 5. The quantitative estimate of drug-likeness (QED) is 0.214. The molecule has 0 bridgehead atoms. The molecule has 33 heavy (non-hydrogen) atoms. The molecule has 1 atom stereocenters. The molecule has 0 N–H and O–H groups in total. The molecule has 7 heteroatoms. The zero-order chi connectivity index (χ0) is 24.5. The van der Waals surface area contributed by atoms with Crippen molar-refractivity contribution in [2.24, 2.45) is 0 Å². The minimum atomic E-state index is -4.39. The van der Waals surface area contributed by atoms with Gasteiger partial charge >= 0.3 is 5.97 Å². The molecule has 0 saturated carbocycles. The van der Waals surface area contributed by atoms with Gasteiger partial charge in [0.05, 0.1) is 4.90 Å². The van der Waals surface area contributed by atoms with E-state index in [0.29, 0.717) is 12.0 Å². The third kappa shape index (κ3) is 7.13. The third-order valence-electron chi connectivity index (χ3n) is 4.93. The van der Waals surface area contributed by atoms with Gasteiger partial charge in [-0.3, -0.25) is 4.98 Å². The van der Waals surface area contributed by atoms with Crippen LogP contribution in [0.2, 0.25) is 0 Å². The first-order chi connectivity index (χ1) is 15.5. The van der Waals surface area contributed by atoms with Gasteiger partial charge in [-0.15, -0.1) is 5.92 Å². The van der Waals surface area contributed by atoms with Crippen molar-refractivity contribution in [1.82, 2.24) is 4.98 Å². The molecular weight excluding hydrogens is 441 g/mol. The summed E-state index contributed by atoms with van der Waals surface area (Å²) in [4.78, 5) is 17.4. The summed E-state index contributed by atoms with van der Waals surface area (Å²) >= 11 is 0. The highest BCUT2D eigenvalue weighted by atomic mass is 32.2. The van der Waals surface area contributed by atoms with Crippen molar-refractivity contribution in [2.75, 3.05) is 0 Å². The summed E-state index contributed by atoms with van der Waals surface area (Å²) in [5.74, 6) is 4.20. The molecule has 0 aliphatic rings. The van der Waals surface area contributed by atoms with Crippen molar-refractivity contribution in [1.29, 1.82) is 0 Å². The lowest BCUT2D eigenvalue weighted by atomic mass is 9.99. The molecule has 1 unspecified atom stereocenters. The molecule has 5 nitrogen and oxygen atoms in total. The molecule has 0 spiro atoms. The Bertz CT molecular complexity index is 1080. The van der Waals surface area contributed by atoms with Crippen molar-refractivity contribution in [2.45, 2.75) is 81.5 Å². The van der Waals surface area contributed by atoms with Crippen molar-refractivity contribution < 1.29 is 22.3 Å². The highest BCUT2D eigenvalue weighted by Crippen LogP contribution is 2.32. The summed E-state index contributed by atoms with van der Waals surface area (Å²) < 4.78 is 44.7. The Kier molecular flexibility index (Phi) is 9.18. The van der Waals surface area contributed by atoms with Gasteiger partial charge in [-0.2, -0.15) is 0 Å². The largest absolute Gasteiger partial charge is 0.458 e. The Morgan fingerprint density at radius 1 is 1.09 bits per heavy atom. The van der Waals surface area contributed by atoms with Gasteiger partial charge in [0.1, 0.15) is 11.4 Å². The normalized spacial score (nSPS) is 13.5. The van der Waals surface area contributed by atoms with Gasteiger partial charge < -0.3 is 4.74 Å². The molecule has 0 radical (unpaired) electrons. The standard InChI is InChI=1S/C26H32FNO4S/c1-5-6-7-8-9-10-17-26(24(29)32-25(2,3)4,19-21-12-11-18-28-20-21)33(30,31)23-15-13-22(27)14-16-23/h11-16,18,20H,5-9,19H2,1-4H3. The average molecular weight is 474 g/mol. The second-order valence-corrected chi connectivity index (χ2v) is 11.1. The number of benzene rings is 1. The van der Waals surface area contributed by atoms with Crippen LogP contribution in [0.4, 0.5) is 4.39 Å². The van der Waals surface area contributed by atoms with E-state index in [1.54, 1.807) is 39.1 Å². The predicted molar refractivity (Wildman–Crippen MR) is 127 cm³/mol. The van der Waals surface area contributed by atoms with E-state index in [2.05, 4.69) is 23.7 Å². The lowest BCUT2D eigenvalue weighted by Crippen LogP contribution is -2.50. The smallest absolute Gasteiger partial charge is 0.341 e. The van der Waals surface area contributed by atoms with E-state index in [9.17, 15) is 17.6 Å². The maximum absolute atomic E-state index is 13.9. The summed E-state index contributed by atoms with van der Waals surface area (Å²) in [5, 5.41) is 0. The molecule has 2 rings (SSSR count). The minimum Gasteiger partial charge on any atom is -0.458 e. The third-order valence-corrected chi connectivity index (χ3v) is 7.16. The van der Waals surface area contributed by atoms with Crippen LogP contribution in [0.15, 0.2) is 53.7 Å². The van der Waals surface area contributed by atoms with Crippen LogP contribution in [-0.2, 0) is 25.8 Å². The Hall–Kier alpha value is -2.72. The van der Waals surface area contributed by atoms with E-state index in [-0.39, 0.29) is 11.3 Å². The number of halogens is 1. The maximum atomic E-state index is 13.9. The minimum absolute atomic E-state index is 0.195. The maximum Gasteiger partial charge on any atom is 0.341 e. The van der Waals surface area contributed by atoms with Gasteiger partial charge in [0.2, 0.25) is 14.6 Å². The monoisotopic (exact) mass is 473 g/mol. The van der Waals surface area contributed by atoms with E-state index in [1.807, 2.05) is 0 Å². The zero-order valence-corrected chi connectivity index (χ0v) is 20.5. The van der Waals surface area contributed by atoms with Crippen LogP contribution in [0.25, 0.3) is 0 Å². The van der Waals surface area contributed by atoms with Gasteiger partial charge in [-0.25, -0.2) is 17.6 Å². The van der Waals surface area contributed by atoms with Gasteiger partial charge in [-0.1, -0.05) is 38.2 Å². The number of aromatic nitrogens is 1. The number of carbonyl (C=O) groups excluding carboxylic acids is 1. The number of rotatable bonds is 9. The van der Waals surface area contributed by atoms with Crippen LogP contribution in [0, 0.1) is 17.7 Å². The Balaban J connectivity index is 2.65. The highest BCUT2D eigenvalue weighted by molar-refractivity contribution is 7.94. The van der Waals surface area contributed by atoms with E-state index in [4.69, 9.17) is 4.74 Å². The highest BCUT2D eigenvalue weighted by Gasteiger charge is 2.53. The topological polar surface area (TPSA) is 73.3 Å². The second kappa shape index (κ2) is 11.4. The van der Waals surface area contributed by atoms with Crippen LogP contribution in [0.3, 0.4) is 0 Å². The van der Waals surface area contributed by atoms with Crippen LogP contribution >= 0.6 is 0 Å². The van der Waals surface area contributed by atoms with Crippen LogP contribution < -0.4 is 0 Å². The van der Waals surface area contributed by atoms with Crippen LogP contribution in [-0.4, -0.2) is 29.7 Å². The number of esters is 1. The fraction of sp³-hybridized carbons (Fsp3) is 0.462. The fourth-order valence-electron chi connectivity index (χ4n) is 3.25. The van der Waals surface area contributed by atoms with E-state index in [1.165, 1.54) is 6.20 Å². The predicted octanol–water partition coefficient (Wildman–Crippen LogP) is 5.29. The lowest BCUT2D eigenvalue weighted by molar-refractivity contribution is -0.156. The van der Waals surface area contributed by atoms with E-state index >= 15 is 0 Å². The molecule has 0 aliphatic heterocycles. The summed E-state index contributed by atoms with van der Waals surface area (Å²) in [6.07, 6.45) is 7.17. The molecule has 1 aromatic carbocycles. The number of carbonyl (C=O) groups is 1. The Labute approximate surface area is 196 Å². The van der Waals surface area contributed by atoms with Crippen molar-refractivity contribution in [3.05, 3.63) is 60.2 Å². The number of ether oxygens (including phenoxy) is 1. The summed E-state index contributed by atoms with van der Waals surface area (Å²) in [6, 6.07) is 7.75. The molecule has 2 aromatic rings. The summed E-state index contributed by atoms with van der Waals surface area (Å²) in [7, 11) is -4.39. The Morgan fingerprint density at radius 3 is 2.36 bits per heavy atom. The molecule has 0 amide bonds. The number of sulfone groups is 1. The molecule has 0 saturated heterocycles. The fourth-order valence-corrected chi connectivity index (χ4v) is 4.97. The summed E-state index contributed by atoms with van der Waals surface area (Å²) in [6.45, 7) is 7.11. The molecule has 0 aliphatic carbocycles. The van der Waals surface area contributed by atoms with E-state index < -0.39 is 32.0 Å². The SMILES string of the molecule is CCCCCCC#CC(Cc1cccnc1)(C(=O)OC(C)(C)C)S(=O)(=O)c1ccc(F)cc1. The molecule has 1 heterocycles. The number of nitrogens with zero attached hydrogens (tertiary/aromatic N) is 1. The summed E-state index contributed by atoms with van der Waals surface area (Å²) in [5.41, 5.74) is -0.410. The lowest BCUT2D eigenvalue weighted by Gasteiger charge is -2.30. The molecule has 178 valence electrons. The Morgan fingerprint density at radius 2 is 1.79 bits per heavy atom. The molecular formula is C26H32FNO4S. The van der Waals surface area contributed by atoms with Crippen molar-refractivity contribution in [3.8, 4) is 11.8 Å². The van der Waals surface area contributed by atoms with Crippen LogP contribution in [0.5, 0.6) is 0 Å².